The maximum atomic E-state index is 5.51. The molecule has 0 aliphatic carbocycles. The van der Waals surface area contributed by atoms with E-state index in [2.05, 4.69) is 22.1 Å². The summed E-state index contributed by atoms with van der Waals surface area (Å²) in [5.74, 6) is 1.48. The minimum Gasteiger partial charge on any atom is -0.493 e. The summed E-state index contributed by atoms with van der Waals surface area (Å²) in [7, 11) is 3.32. The van der Waals surface area contributed by atoms with Crippen molar-refractivity contribution in [3.05, 3.63) is 48.8 Å². The lowest BCUT2D eigenvalue weighted by molar-refractivity contribution is 0.356. The Hall–Kier alpha value is -2.92. The maximum Gasteiger partial charge on any atom is 0.162 e. The summed E-state index contributed by atoms with van der Waals surface area (Å²) < 4.78 is 13.3. The zero-order valence-electron chi connectivity index (χ0n) is 13.7. The number of rotatable bonds is 2. The van der Waals surface area contributed by atoms with E-state index in [1.165, 1.54) is 5.39 Å². The smallest absolute Gasteiger partial charge is 0.162 e. The molecule has 5 heteroatoms. The first kappa shape index (κ1) is 14.4. The molecule has 0 fully saturated rings. The Morgan fingerprint density at radius 3 is 2.44 bits per heavy atom. The number of nitrogens with zero attached hydrogens (tertiary/aromatic N) is 2. The molecule has 0 spiro atoms. The third-order valence-corrected chi connectivity index (χ3v) is 5.64. The molecule has 2 aromatic carbocycles. The van der Waals surface area contributed by atoms with Crippen LogP contribution in [0.15, 0.2) is 48.8 Å². The van der Waals surface area contributed by atoms with Crippen molar-refractivity contribution in [1.29, 1.82) is 0 Å². The highest BCUT2D eigenvalue weighted by Gasteiger charge is 2.15. The van der Waals surface area contributed by atoms with E-state index in [0.29, 0.717) is 0 Å². The third kappa shape index (κ3) is 1.99. The van der Waals surface area contributed by atoms with E-state index in [1.807, 2.05) is 36.7 Å². The van der Waals surface area contributed by atoms with Gasteiger partial charge in [0, 0.05) is 44.7 Å². The zero-order valence-corrected chi connectivity index (χ0v) is 14.6. The van der Waals surface area contributed by atoms with Crippen LogP contribution in [0.25, 0.3) is 42.0 Å². The zero-order chi connectivity index (χ0) is 17.0. The predicted molar refractivity (Wildman–Crippen MR) is 103 cm³/mol. The van der Waals surface area contributed by atoms with Crippen molar-refractivity contribution in [2.24, 2.45) is 0 Å². The largest absolute Gasteiger partial charge is 0.493 e. The number of hydrogen-bond donors (Lipinski definition) is 0. The topological polar surface area (TPSA) is 44.2 Å². The normalized spacial score (nSPS) is 11.6. The molecule has 0 atom stereocenters. The van der Waals surface area contributed by atoms with Crippen LogP contribution in [-0.2, 0) is 0 Å². The average Bonchev–Trinajstić information content (AvgIpc) is 3.03. The number of thiophene rings is 1. The van der Waals surface area contributed by atoms with Crippen molar-refractivity contribution in [3.63, 3.8) is 0 Å². The Morgan fingerprint density at radius 2 is 1.60 bits per heavy atom. The number of fused-ring (bicyclic) bond motifs is 7. The van der Waals surface area contributed by atoms with E-state index < -0.39 is 0 Å². The maximum absolute atomic E-state index is 5.51. The van der Waals surface area contributed by atoms with E-state index in [4.69, 9.17) is 9.47 Å². The van der Waals surface area contributed by atoms with Gasteiger partial charge in [-0.05, 0) is 24.3 Å². The Kier molecular flexibility index (Phi) is 3.05. The summed E-state index contributed by atoms with van der Waals surface area (Å²) in [4.78, 5) is 9.15. The molecule has 25 heavy (non-hydrogen) atoms. The quantitative estimate of drug-likeness (QED) is 0.414. The molecule has 0 saturated carbocycles. The molecule has 0 aliphatic rings. The summed E-state index contributed by atoms with van der Waals surface area (Å²) in [6.07, 6.45) is 3.77. The lowest BCUT2D eigenvalue weighted by Gasteiger charge is -2.08. The van der Waals surface area contributed by atoms with E-state index in [0.717, 1.165) is 48.1 Å². The van der Waals surface area contributed by atoms with Gasteiger partial charge in [-0.1, -0.05) is 6.07 Å². The average molecular weight is 346 g/mol. The minimum atomic E-state index is 0.734. The summed E-state index contributed by atoms with van der Waals surface area (Å²) in [5, 5.41) is 4.61. The third-order valence-electron chi connectivity index (χ3n) is 4.56. The van der Waals surface area contributed by atoms with Gasteiger partial charge in [0.05, 0.1) is 30.0 Å². The predicted octanol–water partition coefficient (Wildman–Crippen LogP) is 5.17. The van der Waals surface area contributed by atoms with Gasteiger partial charge >= 0.3 is 0 Å². The molecular formula is C20H14N2O2S. The molecule has 0 aliphatic heterocycles. The van der Waals surface area contributed by atoms with Crippen LogP contribution in [0.4, 0.5) is 0 Å². The van der Waals surface area contributed by atoms with E-state index in [-0.39, 0.29) is 0 Å². The Labute approximate surface area is 147 Å². The van der Waals surface area contributed by atoms with Gasteiger partial charge in [-0.15, -0.1) is 11.3 Å². The number of ether oxygens (including phenoxy) is 2. The van der Waals surface area contributed by atoms with Gasteiger partial charge in [0.2, 0.25) is 0 Å². The van der Waals surface area contributed by atoms with Crippen molar-refractivity contribution in [3.8, 4) is 11.5 Å². The van der Waals surface area contributed by atoms with Crippen LogP contribution in [0.1, 0.15) is 0 Å². The first-order chi connectivity index (χ1) is 12.3. The molecule has 0 N–H and O–H groups in total. The van der Waals surface area contributed by atoms with Gasteiger partial charge in [0.1, 0.15) is 0 Å². The minimum absolute atomic E-state index is 0.734. The van der Waals surface area contributed by atoms with Crippen LogP contribution in [-0.4, -0.2) is 24.2 Å². The van der Waals surface area contributed by atoms with Crippen molar-refractivity contribution in [2.75, 3.05) is 14.2 Å². The monoisotopic (exact) mass is 346 g/mol. The molecule has 4 nitrogen and oxygen atoms in total. The van der Waals surface area contributed by atoms with Gasteiger partial charge in [0.15, 0.2) is 11.5 Å². The van der Waals surface area contributed by atoms with E-state index in [9.17, 15) is 0 Å². The van der Waals surface area contributed by atoms with Crippen LogP contribution in [0.5, 0.6) is 11.5 Å². The summed E-state index contributed by atoms with van der Waals surface area (Å²) in [5.41, 5.74) is 1.95. The van der Waals surface area contributed by atoms with E-state index >= 15 is 0 Å². The van der Waals surface area contributed by atoms with Crippen LogP contribution >= 0.6 is 11.3 Å². The molecule has 0 unspecified atom stereocenters. The summed E-state index contributed by atoms with van der Waals surface area (Å²) in [6, 6.07) is 12.2. The molecule has 0 amide bonds. The van der Waals surface area contributed by atoms with Gasteiger partial charge < -0.3 is 9.47 Å². The van der Waals surface area contributed by atoms with Crippen molar-refractivity contribution in [2.45, 2.75) is 0 Å². The first-order valence-corrected chi connectivity index (χ1v) is 8.72. The fourth-order valence-electron chi connectivity index (χ4n) is 3.43. The fourth-order valence-corrected chi connectivity index (χ4v) is 4.52. The second-order valence-corrected chi connectivity index (χ2v) is 6.92. The molecule has 3 aromatic heterocycles. The van der Waals surface area contributed by atoms with E-state index in [1.54, 1.807) is 25.6 Å². The van der Waals surface area contributed by atoms with Crippen molar-refractivity contribution >= 4 is 53.3 Å². The molecule has 0 radical (unpaired) electrons. The Balaban J connectivity index is 2.05. The van der Waals surface area contributed by atoms with Crippen LogP contribution in [0.2, 0.25) is 0 Å². The van der Waals surface area contributed by atoms with Gasteiger partial charge in [-0.2, -0.15) is 0 Å². The fraction of sp³-hybridized carbons (Fsp3) is 0.100. The standard InChI is InChI=1S/C20H14N2O2S/c1-23-15-8-12-17(9-16(15)24-2)25-18-10-22-14-6-5-13-11(4-3-7-21-13)19(14)20(12)18/h3-10H,1-2H3. The molecular weight excluding hydrogens is 332 g/mol. The highest BCUT2D eigenvalue weighted by atomic mass is 32.1. The Morgan fingerprint density at radius 1 is 0.800 bits per heavy atom. The highest BCUT2D eigenvalue weighted by Crippen LogP contribution is 2.43. The number of benzene rings is 2. The lowest BCUT2D eigenvalue weighted by Crippen LogP contribution is -1.89. The van der Waals surface area contributed by atoms with Crippen LogP contribution in [0.3, 0.4) is 0 Å². The second kappa shape index (κ2) is 5.29. The number of pyridine rings is 2. The summed E-state index contributed by atoms with van der Waals surface area (Å²) in [6.45, 7) is 0. The number of methoxy groups -OCH3 is 2. The van der Waals surface area contributed by atoms with Crippen molar-refractivity contribution < 1.29 is 9.47 Å². The second-order valence-electron chi connectivity index (χ2n) is 5.83. The number of hydrogen-bond acceptors (Lipinski definition) is 5. The van der Waals surface area contributed by atoms with Gasteiger partial charge in [-0.25, -0.2) is 0 Å². The Bertz CT molecular complexity index is 1280. The number of aromatic nitrogens is 2. The molecule has 3 heterocycles. The first-order valence-electron chi connectivity index (χ1n) is 7.91. The molecule has 0 bridgehead atoms. The van der Waals surface area contributed by atoms with Crippen LogP contribution in [0, 0.1) is 0 Å². The van der Waals surface area contributed by atoms with Crippen molar-refractivity contribution in [1.82, 2.24) is 9.97 Å². The van der Waals surface area contributed by atoms with Gasteiger partial charge in [-0.3, -0.25) is 9.97 Å². The van der Waals surface area contributed by atoms with Gasteiger partial charge in [0.25, 0.3) is 0 Å². The summed E-state index contributed by atoms with van der Waals surface area (Å²) >= 11 is 1.72. The molecule has 0 saturated heterocycles. The van der Waals surface area contributed by atoms with Crippen LogP contribution < -0.4 is 9.47 Å². The highest BCUT2D eigenvalue weighted by molar-refractivity contribution is 7.26. The molecule has 5 rings (SSSR count). The lowest BCUT2D eigenvalue weighted by atomic mass is 10.0. The molecule has 5 aromatic rings. The SMILES string of the molecule is COc1cc2sc3cnc4ccc5ncccc5c4c3c2cc1OC. The molecule has 122 valence electrons.